The van der Waals surface area contributed by atoms with Crippen molar-refractivity contribution >= 4 is 23.6 Å². The number of amides is 1. The summed E-state index contributed by atoms with van der Waals surface area (Å²) < 4.78 is 13.0. The van der Waals surface area contributed by atoms with Gasteiger partial charge in [-0.05, 0) is 43.4 Å². The predicted octanol–water partition coefficient (Wildman–Crippen LogP) is 4.18. The van der Waals surface area contributed by atoms with Crippen molar-refractivity contribution in [2.75, 3.05) is 26.2 Å². The van der Waals surface area contributed by atoms with E-state index in [1.165, 1.54) is 32.1 Å². The first-order valence-corrected chi connectivity index (χ1v) is 16.6. The van der Waals surface area contributed by atoms with Gasteiger partial charge in [-0.1, -0.05) is 50.1 Å². The molecule has 9 nitrogen and oxygen atoms in total. The SMILES string of the molecule is CCC(=O)Oc1ccc(CN2CC(C(=O)N3CCc4nc(SC5CCCCC5)n(C[C@H]5CCCO5)c(=O)c4C3)C2)cc1. The summed E-state index contributed by atoms with van der Waals surface area (Å²) in [5, 5.41) is 1.35. The van der Waals surface area contributed by atoms with Crippen molar-refractivity contribution in [3.63, 3.8) is 0 Å². The summed E-state index contributed by atoms with van der Waals surface area (Å²) in [5.74, 6) is 0.379. The Kier molecular flexibility index (Phi) is 9.31. The quantitative estimate of drug-likeness (QED) is 0.243. The lowest BCUT2D eigenvalue weighted by molar-refractivity contribution is -0.142. The number of hydrogen-bond acceptors (Lipinski definition) is 8. The van der Waals surface area contributed by atoms with Crippen LogP contribution in [0.2, 0.25) is 0 Å². The van der Waals surface area contributed by atoms with Gasteiger partial charge in [-0.3, -0.25) is 23.9 Å². The number of thioether (sulfide) groups is 1. The van der Waals surface area contributed by atoms with E-state index in [1.807, 2.05) is 33.7 Å². The lowest BCUT2D eigenvalue weighted by atomic mass is 9.96. The average Bonchev–Trinajstić information content (AvgIpc) is 3.51. The van der Waals surface area contributed by atoms with Gasteiger partial charge in [0, 0.05) is 50.9 Å². The molecule has 42 heavy (non-hydrogen) atoms. The fourth-order valence-electron chi connectivity index (χ4n) is 6.49. The Bertz CT molecular complexity index is 1330. The number of carbonyl (C=O) groups excluding carboxylic acids is 2. The zero-order valence-electron chi connectivity index (χ0n) is 24.6. The van der Waals surface area contributed by atoms with Gasteiger partial charge in [0.1, 0.15) is 5.75 Å². The lowest BCUT2D eigenvalue weighted by Gasteiger charge is -2.41. The first-order valence-electron chi connectivity index (χ1n) is 15.7. The van der Waals surface area contributed by atoms with E-state index in [4.69, 9.17) is 14.5 Å². The Labute approximate surface area is 251 Å². The number of esters is 1. The summed E-state index contributed by atoms with van der Waals surface area (Å²) >= 11 is 1.78. The number of likely N-dealkylation sites (tertiary alicyclic amines) is 1. The second-order valence-corrected chi connectivity index (χ2v) is 13.4. The second kappa shape index (κ2) is 13.3. The maximum atomic E-state index is 13.9. The molecular formula is C32H42N4O5S. The van der Waals surface area contributed by atoms with Crippen LogP contribution >= 0.6 is 11.8 Å². The molecule has 2 aromatic rings. The van der Waals surface area contributed by atoms with Crippen molar-refractivity contribution in [3.8, 4) is 5.75 Å². The highest BCUT2D eigenvalue weighted by atomic mass is 32.2. The molecular weight excluding hydrogens is 552 g/mol. The van der Waals surface area contributed by atoms with Crippen LogP contribution in [-0.2, 0) is 40.4 Å². The van der Waals surface area contributed by atoms with Crippen LogP contribution in [0.4, 0.5) is 0 Å². The number of aromatic nitrogens is 2. The number of nitrogens with zero attached hydrogens (tertiary/aromatic N) is 4. The van der Waals surface area contributed by atoms with Gasteiger partial charge in [-0.25, -0.2) is 4.98 Å². The minimum Gasteiger partial charge on any atom is -0.427 e. The van der Waals surface area contributed by atoms with E-state index in [0.29, 0.717) is 62.1 Å². The standard InChI is InChI=1S/C32H42N4O5S/c1-2-29(37)41-24-12-10-22(11-13-24)17-34-18-23(19-34)30(38)35-15-14-28-27(21-35)31(39)36(20-25-7-6-16-40-25)32(33-28)42-26-8-4-3-5-9-26/h10-13,23,25-26H,2-9,14-21H2,1H3/t25-/m1/s1. The van der Waals surface area contributed by atoms with Crippen LogP contribution in [0.15, 0.2) is 34.2 Å². The van der Waals surface area contributed by atoms with Crippen molar-refractivity contribution < 1.29 is 19.1 Å². The molecule has 4 aliphatic rings. The minimum atomic E-state index is -0.247. The molecule has 0 spiro atoms. The van der Waals surface area contributed by atoms with Gasteiger partial charge in [0.25, 0.3) is 5.56 Å². The van der Waals surface area contributed by atoms with Crippen LogP contribution in [-0.4, -0.2) is 68.8 Å². The van der Waals surface area contributed by atoms with Crippen molar-refractivity contribution in [1.82, 2.24) is 19.4 Å². The summed E-state index contributed by atoms with van der Waals surface area (Å²) in [7, 11) is 0. The number of rotatable bonds is 9. The van der Waals surface area contributed by atoms with E-state index in [2.05, 4.69) is 4.90 Å². The van der Waals surface area contributed by atoms with Gasteiger partial charge in [-0.2, -0.15) is 0 Å². The Morgan fingerprint density at radius 1 is 1.07 bits per heavy atom. The fraction of sp³-hybridized carbons (Fsp3) is 0.625. The van der Waals surface area contributed by atoms with E-state index in [9.17, 15) is 14.4 Å². The third-order valence-electron chi connectivity index (χ3n) is 8.98. The molecule has 3 fully saturated rings. The molecule has 1 aromatic heterocycles. The minimum absolute atomic E-state index is 0.00890. The van der Waals surface area contributed by atoms with Crippen LogP contribution in [0.3, 0.4) is 0 Å². The van der Waals surface area contributed by atoms with E-state index in [0.717, 1.165) is 42.4 Å². The first-order chi connectivity index (χ1) is 20.5. The highest BCUT2D eigenvalue weighted by molar-refractivity contribution is 7.99. The topological polar surface area (TPSA) is 94.0 Å². The van der Waals surface area contributed by atoms with E-state index >= 15 is 0 Å². The van der Waals surface area contributed by atoms with Crippen molar-refractivity contribution in [1.29, 1.82) is 0 Å². The van der Waals surface area contributed by atoms with Gasteiger partial charge >= 0.3 is 5.97 Å². The molecule has 1 amide bonds. The van der Waals surface area contributed by atoms with Crippen LogP contribution < -0.4 is 10.3 Å². The lowest BCUT2D eigenvalue weighted by Crippen LogP contribution is -2.55. The van der Waals surface area contributed by atoms with Crippen LogP contribution in [0.1, 0.15) is 75.1 Å². The summed E-state index contributed by atoms with van der Waals surface area (Å²) in [5.41, 5.74) is 2.67. The molecule has 1 saturated carbocycles. The number of carbonyl (C=O) groups is 2. The zero-order chi connectivity index (χ0) is 29.1. The second-order valence-electron chi connectivity index (χ2n) is 12.1. The Morgan fingerprint density at radius 3 is 2.57 bits per heavy atom. The number of fused-ring (bicyclic) bond motifs is 1. The molecule has 10 heteroatoms. The maximum absolute atomic E-state index is 13.9. The summed E-state index contributed by atoms with van der Waals surface area (Å²) in [4.78, 5) is 48.1. The zero-order valence-corrected chi connectivity index (χ0v) is 25.4. The normalized spacial score (nSPS) is 21.6. The number of benzene rings is 1. The van der Waals surface area contributed by atoms with Gasteiger partial charge in [-0.15, -0.1) is 0 Å². The molecule has 226 valence electrons. The third-order valence-corrected chi connectivity index (χ3v) is 10.3. The van der Waals surface area contributed by atoms with Gasteiger partial charge < -0.3 is 14.4 Å². The molecule has 0 unspecified atom stereocenters. The predicted molar refractivity (Wildman–Crippen MR) is 160 cm³/mol. The van der Waals surface area contributed by atoms with Gasteiger partial charge in [0.15, 0.2) is 5.16 Å². The fourth-order valence-corrected chi connectivity index (χ4v) is 7.81. The third kappa shape index (κ3) is 6.76. The van der Waals surface area contributed by atoms with Crippen LogP contribution in [0.25, 0.3) is 0 Å². The van der Waals surface area contributed by atoms with Crippen LogP contribution in [0.5, 0.6) is 5.75 Å². The molecule has 2 saturated heterocycles. The molecule has 1 aromatic carbocycles. The first kappa shape index (κ1) is 29.4. The van der Waals surface area contributed by atoms with Gasteiger partial charge in [0.2, 0.25) is 5.91 Å². The van der Waals surface area contributed by atoms with Crippen molar-refractivity contribution in [2.24, 2.45) is 5.92 Å². The Hall–Kier alpha value is -2.69. The van der Waals surface area contributed by atoms with E-state index in [-0.39, 0.29) is 29.5 Å². The average molecular weight is 595 g/mol. The number of ether oxygens (including phenoxy) is 2. The monoisotopic (exact) mass is 594 g/mol. The molecule has 4 heterocycles. The highest BCUT2D eigenvalue weighted by Crippen LogP contribution is 2.34. The van der Waals surface area contributed by atoms with Crippen LogP contribution in [0, 0.1) is 5.92 Å². The van der Waals surface area contributed by atoms with Crippen molar-refractivity contribution in [3.05, 3.63) is 51.4 Å². The Morgan fingerprint density at radius 2 is 1.86 bits per heavy atom. The molecule has 6 rings (SSSR count). The molecule has 0 bridgehead atoms. The highest BCUT2D eigenvalue weighted by Gasteiger charge is 2.37. The summed E-state index contributed by atoms with van der Waals surface area (Å²) in [6.45, 7) is 6.16. The summed E-state index contributed by atoms with van der Waals surface area (Å²) in [6.07, 6.45) is 9.17. The molecule has 3 aliphatic heterocycles. The summed E-state index contributed by atoms with van der Waals surface area (Å²) in [6, 6.07) is 7.55. The molecule has 0 N–H and O–H groups in total. The smallest absolute Gasteiger partial charge is 0.310 e. The molecule has 0 radical (unpaired) electrons. The molecule has 1 atom stereocenters. The largest absolute Gasteiger partial charge is 0.427 e. The Balaban J connectivity index is 1.09. The number of hydrogen-bond donors (Lipinski definition) is 0. The van der Waals surface area contributed by atoms with E-state index in [1.54, 1.807) is 18.7 Å². The maximum Gasteiger partial charge on any atom is 0.310 e. The van der Waals surface area contributed by atoms with E-state index < -0.39 is 0 Å². The molecule has 1 aliphatic carbocycles. The van der Waals surface area contributed by atoms with Crippen molar-refractivity contribution in [2.45, 2.75) is 101 Å². The van der Waals surface area contributed by atoms with Gasteiger partial charge in [0.05, 0.1) is 36.4 Å².